The Bertz CT molecular complexity index is 1730. The Hall–Kier alpha value is -4.79. The van der Waals surface area contributed by atoms with Gasteiger partial charge in [0.15, 0.2) is 0 Å². The SMILES string of the molecule is COc1cc(C(=O)N(C)C)ccc1Cc1ncc2c(n1)-c1c(nn(C)c1-c1ccc(-c3cnn(C)c3)cc1)CC2. The van der Waals surface area contributed by atoms with Crippen LogP contribution in [0, 0.1) is 0 Å². The first-order chi connectivity index (χ1) is 19.3. The predicted molar refractivity (Wildman–Crippen MR) is 153 cm³/mol. The highest BCUT2D eigenvalue weighted by Gasteiger charge is 2.27. The first-order valence-electron chi connectivity index (χ1n) is 13.2. The Balaban J connectivity index is 1.36. The van der Waals surface area contributed by atoms with Crippen molar-refractivity contribution >= 4 is 5.91 Å². The molecule has 3 aromatic heterocycles. The molecule has 202 valence electrons. The number of methoxy groups -OCH3 is 1. The van der Waals surface area contributed by atoms with Crippen LogP contribution in [0.3, 0.4) is 0 Å². The van der Waals surface area contributed by atoms with Crippen LogP contribution in [-0.4, -0.2) is 61.5 Å². The van der Waals surface area contributed by atoms with Gasteiger partial charge in [-0.2, -0.15) is 10.2 Å². The van der Waals surface area contributed by atoms with Crippen molar-refractivity contribution in [1.82, 2.24) is 34.4 Å². The van der Waals surface area contributed by atoms with Gasteiger partial charge < -0.3 is 9.64 Å². The van der Waals surface area contributed by atoms with Crippen molar-refractivity contribution in [3.05, 3.63) is 89.3 Å². The summed E-state index contributed by atoms with van der Waals surface area (Å²) in [4.78, 5) is 23.8. The zero-order chi connectivity index (χ0) is 28.0. The van der Waals surface area contributed by atoms with Crippen LogP contribution in [0.2, 0.25) is 0 Å². The summed E-state index contributed by atoms with van der Waals surface area (Å²) in [5.41, 5.74) is 10.0. The summed E-state index contributed by atoms with van der Waals surface area (Å²) >= 11 is 0. The van der Waals surface area contributed by atoms with Crippen molar-refractivity contribution in [2.75, 3.05) is 21.2 Å². The summed E-state index contributed by atoms with van der Waals surface area (Å²) in [5.74, 6) is 1.27. The zero-order valence-corrected chi connectivity index (χ0v) is 23.3. The largest absolute Gasteiger partial charge is 0.496 e. The van der Waals surface area contributed by atoms with Crippen molar-refractivity contribution in [3.63, 3.8) is 0 Å². The Kier molecular flexibility index (Phi) is 6.42. The number of nitrogens with zero attached hydrogens (tertiary/aromatic N) is 7. The van der Waals surface area contributed by atoms with E-state index in [0.717, 1.165) is 63.3 Å². The van der Waals surface area contributed by atoms with Gasteiger partial charge in [-0.3, -0.25) is 14.2 Å². The van der Waals surface area contributed by atoms with Crippen molar-refractivity contribution in [1.29, 1.82) is 0 Å². The second kappa shape index (κ2) is 10.1. The molecule has 40 heavy (non-hydrogen) atoms. The number of carbonyl (C=O) groups is 1. The lowest BCUT2D eigenvalue weighted by atomic mass is 9.91. The maximum atomic E-state index is 12.4. The first-order valence-corrected chi connectivity index (χ1v) is 13.2. The normalized spacial score (nSPS) is 12.1. The Labute approximate surface area is 233 Å². The van der Waals surface area contributed by atoms with Gasteiger partial charge in [0.25, 0.3) is 5.91 Å². The topological polar surface area (TPSA) is 91.0 Å². The smallest absolute Gasteiger partial charge is 0.253 e. The molecule has 1 amide bonds. The molecule has 9 nitrogen and oxygen atoms in total. The fraction of sp³-hybridized carbons (Fsp3) is 0.258. The van der Waals surface area contributed by atoms with E-state index in [1.165, 1.54) is 0 Å². The number of hydrogen-bond donors (Lipinski definition) is 0. The summed E-state index contributed by atoms with van der Waals surface area (Å²) in [7, 11) is 9.00. The van der Waals surface area contributed by atoms with Gasteiger partial charge in [-0.05, 0) is 36.1 Å². The van der Waals surface area contributed by atoms with Crippen LogP contribution in [0.4, 0.5) is 0 Å². The van der Waals surface area contributed by atoms with E-state index in [9.17, 15) is 4.79 Å². The minimum absolute atomic E-state index is 0.0695. The average molecular weight is 534 g/mol. The van der Waals surface area contributed by atoms with Crippen LogP contribution >= 0.6 is 0 Å². The molecule has 0 saturated carbocycles. The lowest BCUT2D eigenvalue weighted by Gasteiger charge is -2.17. The maximum Gasteiger partial charge on any atom is 0.253 e. The molecule has 0 atom stereocenters. The summed E-state index contributed by atoms with van der Waals surface area (Å²) in [6.07, 6.45) is 8.01. The molecule has 1 aliphatic carbocycles. The molecule has 3 heterocycles. The summed E-state index contributed by atoms with van der Waals surface area (Å²) in [6, 6.07) is 14.0. The molecule has 0 spiro atoms. The summed E-state index contributed by atoms with van der Waals surface area (Å²) in [6.45, 7) is 0. The number of fused-ring (bicyclic) bond motifs is 3. The average Bonchev–Trinajstić information content (AvgIpc) is 3.55. The van der Waals surface area contributed by atoms with Gasteiger partial charge in [0.1, 0.15) is 11.6 Å². The fourth-order valence-electron chi connectivity index (χ4n) is 5.36. The molecule has 0 saturated heterocycles. The summed E-state index contributed by atoms with van der Waals surface area (Å²) in [5, 5.41) is 9.17. The highest BCUT2D eigenvalue weighted by molar-refractivity contribution is 5.94. The standard InChI is InChI=1S/C31H31N7O2/c1-36(2)31(39)22-11-10-21(26(14-22)40-5)15-27-32-16-23-12-13-25-28(29(23)34-27)30(38(4)35-25)20-8-6-19(7-9-20)24-17-33-37(3)18-24/h6-11,14,16-18H,12-13,15H2,1-5H3. The minimum Gasteiger partial charge on any atom is -0.496 e. The lowest BCUT2D eigenvalue weighted by molar-refractivity contribution is 0.0827. The van der Waals surface area contributed by atoms with Crippen LogP contribution in [-0.2, 0) is 33.4 Å². The van der Waals surface area contributed by atoms with Crippen molar-refractivity contribution < 1.29 is 9.53 Å². The van der Waals surface area contributed by atoms with Crippen LogP contribution in [0.25, 0.3) is 33.6 Å². The third kappa shape index (κ3) is 4.53. The number of aromatic nitrogens is 6. The number of carbonyl (C=O) groups excluding carboxylic acids is 1. The monoisotopic (exact) mass is 533 g/mol. The zero-order valence-electron chi connectivity index (χ0n) is 23.3. The van der Waals surface area contributed by atoms with Gasteiger partial charge in [0.2, 0.25) is 0 Å². The second-order valence-electron chi connectivity index (χ2n) is 10.3. The molecule has 0 aliphatic heterocycles. The van der Waals surface area contributed by atoms with Crippen molar-refractivity contribution in [2.45, 2.75) is 19.3 Å². The number of amides is 1. The van der Waals surface area contributed by atoms with E-state index in [4.69, 9.17) is 19.8 Å². The Morgan fingerprint density at radius 2 is 1.77 bits per heavy atom. The molecule has 0 bridgehead atoms. The molecule has 0 unspecified atom stereocenters. The van der Waals surface area contributed by atoms with E-state index < -0.39 is 0 Å². The molecule has 0 fully saturated rings. The van der Waals surface area contributed by atoms with Crippen molar-refractivity contribution in [2.24, 2.45) is 14.1 Å². The van der Waals surface area contributed by atoms with E-state index in [1.54, 1.807) is 32.2 Å². The quantitative estimate of drug-likeness (QED) is 0.322. The molecular formula is C31H31N7O2. The number of hydrogen-bond acceptors (Lipinski definition) is 6. The van der Waals surface area contributed by atoms with Gasteiger partial charge in [0, 0.05) is 74.8 Å². The number of ether oxygens (including phenoxy) is 1. The minimum atomic E-state index is -0.0695. The van der Waals surface area contributed by atoms with Gasteiger partial charge in [-0.1, -0.05) is 30.3 Å². The van der Waals surface area contributed by atoms with Gasteiger partial charge in [0.05, 0.1) is 30.4 Å². The number of rotatable bonds is 6. The van der Waals surface area contributed by atoms with Crippen LogP contribution in [0.1, 0.15) is 33.0 Å². The van der Waals surface area contributed by atoms with E-state index in [0.29, 0.717) is 23.6 Å². The predicted octanol–water partition coefficient (Wildman–Crippen LogP) is 4.34. The highest BCUT2D eigenvalue weighted by atomic mass is 16.5. The molecule has 9 heteroatoms. The Morgan fingerprint density at radius 3 is 2.48 bits per heavy atom. The third-order valence-electron chi connectivity index (χ3n) is 7.39. The van der Waals surface area contributed by atoms with Gasteiger partial charge >= 0.3 is 0 Å². The Morgan fingerprint density at radius 1 is 1.00 bits per heavy atom. The van der Waals surface area contributed by atoms with E-state index in [2.05, 4.69) is 29.4 Å². The molecule has 5 aromatic rings. The molecule has 6 rings (SSSR count). The van der Waals surface area contributed by atoms with Gasteiger partial charge in [-0.25, -0.2) is 9.97 Å². The van der Waals surface area contributed by atoms with Crippen LogP contribution in [0.15, 0.2) is 61.1 Å². The molecule has 1 aliphatic rings. The number of benzene rings is 2. The molecule has 0 radical (unpaired) electrons. The van der Waals surface area contributed by atoms with Crippen molar-refractivity contribution in [3.8, 4) is 39.4 Å². The van der Waals surface area contributed by atoms with E-state index in [1.807, 2.05) is 54.2 Å². The lowest BCUT2D eigenvalue weighted by Crippen LogP contribution is -2.21. The summed E-state index contributed by atoms with van der Waals surface area (Å²) < 4.78 is 9.41. The highest BCUT2D eigenvalue weighted by Crippen LogP contribution is 2.40. The van der Waals surface area contributed by atoms with Crippen LogP contribution < -0.4 is 4.74 Å². The molecular weight excluding hydrogens is 502 g/mol. The van der Waals surface area contributed by atoms with E-state index >= 15 is 0 Å². The maximum absolute atomic E-state index is 12.4. The molecule has 0 N–H and O–H groups in total. The number of aryl methyl sites for hydroxylation is 4. The third-order valence-corrected chi connectivity index (χ3v) is 7.39. The van der Waals surface area contributed by atoms with Crippen LogP contribution in [0.5, 0.6) is 5.75 Å². The van der Waals surface area contributed by atoms with E-state index in [-0.39, 0.29) is 5.91 Å². The van der Waals surface area contributed by atoms with Gasteiger partial charge in [-0.15, -0.1) is 0 Å². The first kappa shape index (κ1) is 25.5. The fourth-order valence-corrected chi connectivity index (χ4v) is 5.36. The molecule has 2 aromatic carbocycles. The second-order valence-corrected chi connectivity index (χ2v) is 10.3.